The number of nitrogens with zero attached hydrogens (tertiary/aromatic N) is 5. The summed E-state index contributed by atoms with van der Waals surface area (Å²) in [6.45, 7) is 5.52. The van der Waals surface area contributed by atoms with E-state index in [9.17, 15) is 14.4 Å². The van der Waals surface area contributed by atoms with Crippen molar-refractivity contribution in [2.75, 3.05) is 59.4 Å². The van der Waals surface area contributed by atoms with Crippen molar-refractivity contribution in [1.82, 2.24) is 24.6 Å². The first-order chi connectivity index (χ1) is 15.5. The van der Waals surface area contributed by atoms with Gasteiger partial charge in [0, 0.05) is 70.0 Å². The Morgan fingerprint density at radius 2 is 1.78 bits per heavy atom. The number of pyridine rings is 1. The van der Waals surface area contributed by atoms with E-state index in [1.807, 2.05) is 21.9 Å². The molecule has 1 atom stereocenters. The molecule has 0 aromatic carbocycles. The van der Waals surface area contributed by atoms with E-state index in [4.69, 9.17) is 0 Å². The van der Waals surface area contributed by atoms with E-state index in [1.54, 1.807) is 11.1 Å². The second kappa shape index (κ2) is 10.4. The fraction of sp³-hybridized carbons (Fsp3) is 0.667. The number of hydrogen-bond donors (Lipinski definition) is 0. The Bertz CT molecular complexity index is 819. The Balaban J connectivity index is 1.34. The van der Waals surface area contributed by atoms with Crippen LogP contribution >= 0.6 is 0 Å². The van der Waals surface area contributed by atoms with E-state index in [2.05, 4.69) is 16.9 Å². The Hall–Kier alpha value is -2.48. The largest absolute Gasteiger partial charge is 0.340 e. The van der Waals surface area contributed by atoms with Crippen LogP contribution in [0, 0.1) is 0 Å². The highest BCUT2D eigenvalue weighted by molar-refractivity contribution is 5.94. The van der Waals surface area contributed by atoms with Crippen LogP contribution in [0.25, 0.3) is 0 Å². The molecule has 32 heavy (non-hydrogen) atoms. The molecule has 4 rings (SSSR count). The summed E-state index contributed by atoms with van der Waals surface area (Å²) in [6.07, 6.45) is 7.10. The molecule has 3 aliphatic heterocycles. The lowest BCUT2D eigenvalue weighted by atomic mass is 9.94. The van der Waals surface area contributed by atoms with Gasteiger partial charge in [0.25, 0.3) is 5.91 Å². The Labute approximate surface area is 190 Å². The molecule has 4 heterocycles. The number of piperidine rings is 1. The maximum Gasteiger partial charge on any atom is 0.255 e. The van der Waals surface area contributed by atoms with E-state index in [1.165, 1.54) is 0 Å². The molecule has 0 spiro atoms. The molecule has 0 bridgehead atoms. The lowest BCUT2D eigenvalue weighted by molar-refractivity contribution is -0.140. The van der Waals surface area contributed by atoms with Gasteiger partial charge in [-0.25, -0.2) is 0 Å². The van der Waals surface area contributed by atoms with Gasteiger partial charge >= 0.3 is 0 Å². The van der Waals surface area contributed by atoms with Crippen molar-refractivity contribution in [2.24, 2.45) is 0 Å². The van der Waals surface area contributed by atoms with Crippen LogP contribution in [0.2, 0.25) is 0 Å². The first-order valence-corrected chi connectivity index (χ1v) is 12.0. The van der Waals surface area contributed by atoms with E-state index in [0.717, 1.165) is 70.5 Å². The number of carbonyl (C=O) groups is 3. The van der Waals surface area contributed by atoms with Crippen LogP contribution in [0.5, 0.6) is 0 Å². The van der Waals surface area contributed by atoms with Crippen molar-refractivity contribution in [3.63, 3.8) is 0 Å². The number of rotatable bonds is 4. The predicted molar refractivity (Wildman–Crippen MR) is 121 cm³/mol. The van der Waals surface area contributed by atoms with Crippen molar-refractivity contribution in [3.8, 4) is 0 Å². The summed E-state index contributed by atoms with van der Waals surface area (Å²) in [5, 5.41) is 0. The minimum Gasteiger partial charge on any atom is -0.340 e. The van der Waals surface area contributed by atoms with Gasteiger partial charge in [0.05, 0.1) is 12.1 Å². The lowest BCUT2D eigenvalue weighted by Gasteiger charge is -2.34. The Kier molecular flexibility index (Phi) is 7.40. The highest BCUT2D eigenvalue weighted by Crippen LogP contribution is 2.26. The van der Waals surface area contributed by atoms with Crippen molar-refractivity contribution in [2.45, 2.75) is 44.4 Å². The molecule has 3 fully saturated rings. The molecule has 8 nitrogen and oxygen atoms in total. The van der Waals surface area contributed by atoms with E-state index in [0.29, 0.717) is 25.1 Å². The van der Waals surface area contributed by atoms with E-state index in [-0.39, 0.29) is 30.2 Å². The zero-order valence-corrected chi connectivity index (χ0v) is 19.2. The summed E-state index contributed by atoms with van der Waals surface area (Å²) in [4.78, 5) is 50.2. The smallest absolute Gasteiger partial charge is 0.255 e. The minimum absolute atomic E-state index is 0.0341. The van der Waals surface area contributed by atoms with Crippen molar-refractivity contribution < 1.29 is 14.4 Å². The molecule has 1 aromatic heterocycles. The molecule has 1 aromatic rings. The summed E-state index contributed by atoms with van der Waals surface area (Å²) in [5.41, 5.74) is 1.56. The Morgan fingerprint density at radius 3 is 2.53 bits per heavy atom. The van der Waals surface area contributed by atoms with Crippen LogP contribution in [-0.2, 0) is 9.59 Å². The third-order valence-electron chi connectivity index (χ3n) is 7.01. The summed E-state index contributed by atoms with van der Waals surface area (Å²) in [7, 11) is 2.07. The van der Waals surface area contributed by atoms with Crippen LogP contribution in [0.1, 0.15) is 60.5 Å². The predicted octanol–water partition coefficient (Wildman–Crippen LogP) is 1.58. The monoisotopic (exact) mass is 441 g/mol. The third-order valence-corrected chi connectivity index (χ3v) is 7.01. The molecule has 174 valence electrons. The summed E-state index contributed by atoms with van der Waals surface area (Å²) in [6, 6.07) is 3.82. The third kappa shape index (κ3) is 5.46. The fourth-order valence-corrected chi connectivity index (χ4v) is 4.88. The zero-order valence-electron chi connectivity index (χ0n) is 19.2. The minimum atomic E-state index is 0.0341. The van der Waals surface area contributed by atoms with Crippen molar-refractivity contribution in [1.29, 1.82) is 0 Å². The average Bonchev–Trinajstić information content (AvgIpc) is 3.03. The van der Waals surface area contributed by atoms with Crippen LogP contribution in [0.4, 0.5) is 0 Å². The number of piperazine rings is 1. The topological polar surface area (TPSA) is 77.1 Å². The molecule has 0 radical (unpaired) electrons. The van der Waals surface area contributed by atoms with Gasteiger partial charge in [-0.2, -0.15) is 0 Å². The van der Waals surface area contributed by atoms with Crippen LogP contribution in [0.15, 0.2) is 18.3 Å². The molecule has 0 N–H and O–H groups in total. The van der Waals surface area contributed by atoms with Gasteiger partial charge < -0.3 is 19.6 Å². The molecule has 3 aliphatic rings. The molecular weight excluding hydrogens is 406 g/mol. The molecule has 3 amide bonds. The first-order valence-electron chi connectivity index (χ1n) is 12.0. The first kappa shape index (κ1) is 22.7. The number of likely N-dealkylation sites (N-methyl/N-ethyl adjacent to an activating group) is 1. The van der Waals surface area contributed by atoms with Gasteiger partial charge in [0.2, 0.25) is 11.8 Å². The molecule has 8 heteroatoms. The van der Waals surface area contributed by atoms with Crippen LogP contribution in [0.3, 0.4) is 0 Å². The molecule has 1 unspecified atom stereocenters. The molecule has 0 aliphatic carbocycles. The highest BCUT2D eigenvalue weighted by atomic mass is 16.2. The van der Waals surface area contributed by atoms with Gasteiger partial charge in [-0.3, -0.25) is 19.4 Å². The molecular formula is C24H35N5O3. The number of aromatic nitrogens is 1. The number of likely N-dealkylation sites (tertiary alicyclic amines) is 2. The normalized spacial score (nSPS) is 23.2. The Morgan fingerprint density at radius 1 is 0.969 bits per heavy atom. The second-order valence-electron chi connectivity index (χ2n) is 9.37. The van der Waals surface area contributed by atoms with E-state index >= 15 is 0 Å². The van der Waals surface area contributed by atoms with Gasteiger partial charge in [-0.15, -0.1) is 0 Å². The van der Waals surface area contributed by atoms with E-state index < -0.39 is 0 Å². The highest BCUT2D eigenvalue weighted by Gasteiger charge is 2.28. The summed E-state index contributed by atoms with van der Waals surface area (Å²) in [5.74, 6) is 0.346. The average molecular weight is 442 g/mol. The maximum atomic E-state index is 12.9. The van der Waals surface area contributed by atoms with Crippen molar-refractivity contribution in [3.05, 3.63) is 29.6 Å². The summed E-state index contributed by atoms with van der Waals surface area (Å²) < 4.78 is 0. The standard InChI is InChI=1S/C24H35N5O3/c1-26-12-14-27(15-13-26)24(32)19-8-9-21(25-16-19)20-6-5-11-28(17-20)23(31)18-29-10-4-2-3-7-22(29)30/h8-9,16,20H,2-7,10-15,17-18H2,1H3. The van der Waals surface area contributed by atoms with Crippen LogP contribution < -0.4 is 0 Å². The van der Waals surface area contributed by atoms with Gasteiger partial charge in [0.15, 0.2) is 0 Å². The van der Waals surface area contributed by atoms with Crippen molar-refractivity contribution >= 4 is 17.7 Å². The fourth-order valence-electron chi connectivity index (χ4n) is 4.88. The SMILES string of the molecule is CN1CCN(C(=O)c2ccc(C3CCCN(C(=O)CN4CCCCCC4=O)C3)nc2)CC1. The van der Waals surface area contributed by atoms with Crippen LogP contribution in [-0.4, -0.2) is 102 Å². The lowest BCUT2D eigenvalue weighted by Crippen LogP contribution is -2.47. The number of hydrogen-bond acceptors (Lipinski definition) is 5. The van der Waals surface area contributed by atoms with Gasteiger partial charge in [0.1, 0.15) is 0 Å². The van der Waals surface area contributed by atoms with Gasteiger partial charge in [-0.1, -0.05) is 6.42 Å². The zero-order chi connectivity index (χ0) is 22.5. The summed E-state index contributed by atoms with van der Waals surface area (Å²) >= 11 is 0. The molecule has 0 saturated carbocycles. The number of amides is 3. The number of carbonyl (C=O) groups excluding carboxylic acids is 3. The maximum absolute atomic E-state index is 12.9. The van der Waals surface area contributed by atoms with Gasteiger partial charge in [-0.05, 0) is 44.9 Å². The molecule has 3 saturated heterocycles. The quantitative estimate of drug-likeness (QED) is 0.709. The second-order valence-corrected chi connectivity index (χ2v) is 9.37.